The lowest BCUT2D eigenvalue weighted by Gasteiger charge is -2.23. The van der Waals surface area contributed by atoms with E-state index in [1.165, 1.54) is 17.6 Å². The van der Waals surface area contributed by atoms with E-state index in [-0.39, 0.29) is 17.9 Å². The van der Waals surface area contributed by atoms with E-state index in [9.17, 15) is 4.79 Å². The molecule has 2 unspecified atom stereocenters. The van der Waals surface area contributed by atoms with Crippen molar-refractivity contribution < 1.29 is 13.9 Å². The van der Waals surface area contributed by atoms with Gasteiger partial charge in [0.1, 0.15) is 10.7 Å². The SMILES string of the molecule is COc1cc(-c2nnc(C(C)Cc3ccccc3)o2)cc(C(=O)N2CCCC2c2nc(C)c(C)s2)n1. The number of benzene rings is 1. The van der Waals surface area contributed by atoms with Gasteiger partial charge in [0, 0.05) is 29.0 Å². The van der Waals surface area contributed by atoms with Crippen molar-refractivity contribution in [1.29, 1.82) is 0 Å². The van der Waals surface area contributed by atoms with Gasteiger partial charge in [-0.15, -0.1) is 21.5 Å². The number of thiazole rings is 1. The van der Waals surface area contributed by atoms with Crippen LogP contribution >= 0.6 is 11.3 Å². The van der Waals surface area contributed by atoms with E-state index in [0.717, 1.165) is 30.0 Å². The van der Waals surface area contributed by atoms with Crippen molar-refractivity contribution in [2.75, 3.05) is 13.7 Å². The molecule has 5 rings (SSSR count). The van der Waals surface area contributed by atoms with Gasteiger partial charge in [-0.05, 0) is 44.7 Å². The summed E-state index contributed by atoms with van der Waals surface area (Å²) >= 11 is 1.66. The van der Waals surface area contributed by atoms with Gasteiger partial charge in [-0.2, -0.15) is 0 Å². The molecule has 9 heteroatoms. The summed E-state index contributed by atoms with van der Waals surface area (Å²) in [4.78, 5) is 25.8. The molecule has 3 aromatic heterocycles. The van der Waals surface area contributed by atoms with Crippen molar-refractivity contribution in [1.82, 2.24) is 25.1 Å². The number of carbonyl (C=O) groups excluding carboxylic acids is 1. The Morgan fingerprint density at radius 1 is 1.19 bits per heavy atom. The van der Waals surface area contributed by atoms with Gasteiger partial charge in [-0.25, -0.2) is 9.97 Å². The summed E-state index contributed by atoms with van der Waals surface area (Å²) in [7, 11) is 1.53. The Hall–Kier alpha value is -3.59. The Bertz CT molecular complexity index is 1350. The molecule has 1 saturated heterocycles. The molecule has 1 aromatic carbocycles. The number of carbonyl (C=O) groups is 1. The lowest BCUT2D eigenvalue weighted by molar-refractivity contribution is 0.0728. The van der Waals surface area contributed by atoms with Gasteiger partial charge >= 0.3 is 0 Å². The Morgan fingerprint density at radius 2 is 2.00 bits per heavy atom. The normalized spacial score (nSPS) is 16.3. The van der Waals surface area contributed by atoms with Crippen molar-refractivity contribution in [3.63, 3.8) is 0 Å². The standard InChI is InChI=1S/C27H29N5O3S/c1-16(13-19-9-6-5-7-10-19)24-30-31-25(35-24)20-14-21(29-23(15-20)34-4)27(33)32-12-8-11-22(32)26-28-17(2)18(3)36-26/h5-7,9-10,14-16,22H,8,11-13H2,1-4H3. The number of hydrogen-bond acceptors (Lipinski definition) is 8. The molecule has 186 valence electrons. The van der Waals surface area contributed by atoms with E-state index in [1.54, 1.807) is 23.5 Å². The van der Waals surface area contributed by atoms with Crippen LogP contribution in [0.5, 0.6) is 5.88 Å². The smallest absolute Gasteiger partial charge is 0.273 e. The van der Waals surface area contributed by atoms with Gasteiger partial charge in [0.25, 0.3) is 5.91 Å². The molecule has 0 radical (unpaired) electrons. The maximum Gasteiger partial charge on any atom is 0.273 e. The van der Waals surface area contributed by atoms with E-state index in [0.29, 0.717) is 35.5 Å². The molecule has 1 fully saturated rings. The predicted molar refractivity (Wildman–Crippen MR) is 137 cm³/mol. The van der Waals surface area contributed by atoms with Crippen LogP contribution in [0.1, 0.15) is 69.2 Å². The molecular formula is C27H29N5O3S. The molecule has 1 aliphatic rings. The van der Waals surface area contributed by atoms with Gasteiger partial charge in [-0.1, -0.05) is 37.3 Å². The van der Waals surface area contributed by atoms with E-state index < -0.39 is 0 Å². The highest BCUT2D eigenvalue weighted by atomic mass is 32.1. The largest absolute Gasteiger partial charge is 0.481 e. The third kappa shape index (κ3) is 4.88. The minimum absolute atomic E-state index is 0.0415. The first kappa shape index (κ1) is 24.1. The van der Waals surface area contributed by atoms with E-state index in [2.05, 4.69) is 41.2 Å². The van der Waals surface area contributed by atoms with Gasteiger partial charge < -0.3 is 14.1 Å². The van der Waals surface area contributed by atoms with Gasteiger partial charge in [0.15, 0.2) is 0 Å². The van der Waals surface area contributed by atoms with Crippen molar-refractivity contribution in [3.05, 3.63) is 75.2 Å². The first-order valence-corrected chi connectivity index (χ1v) is 12.9. The molecule has 36 heavy (non-hydrogen) atoms. The molecule has 4 aromatic rings. The Kier molecular flexibility index (Phi) is 6.82. The zero-order valence-electron chi connectivity index (χ0n) is 20.9. The first-order chi connectivity index (χ1) is 17.4. The third-order valence-electron chi connectivity index (χ3n) is 6.57. The summed E-state index contributed by atoms with van der Waals surface area (Å²) in [6.07, 6.45) is 2.61. The minimum atomic E-state index is -0.152. The highest BCUT2D eigenvalue weighted by Gasteiger charge is 2.34. The predicted octanol–water partition coefficient (Wildman–Crippen LogP) is 5.54. The van der Waals surface area contributed by atoms with Crippen LogP contribution in [-0.4, -0.2) is 44.6 Å². The van der Waals surface area contributed by atoms with Crippen LogP contribution in [0, 0.1) is 13.8 Å². The van der Waals surface area contributed by atoms with E-state index in [1.807, 2.05) is 30.0 Å². The molecule has 2 atom stereocenters. The molecule has 0 bridgehead atoms. The van der Waals surface area contributed by atoms with Crippen molar-refractivity contribution in [3.8, 4) is 17.3 Å². The van der Waals surface area contributed by atoms with Crippen LogP contribution in [0.2, 0.25) is 0 Å². The second-order valence-electron chi connectivity index (χ2n) is 9.17. The second kappa shape index (κ2) is 10.2. The lowest BCUT2D eigenvalue weighted by Crippen LogP contribution is -2.31. The third-order valence-corrected chi connectivity index (χ3v) is 7.74. The fourth-order valence-corrected chi connectivity index (χ4v) is 5.57. The number of ether oxygens (including phenoxy) is 1. The monoisotopic (exact) mass is 503 g/mol. The average molecular weight is 504 g/mol. The minimum Gasteiger partial charge on any atom is -0.481 e. The summed E-state index contributed by atoms with van der Waals surface area (Å²) in [5, 5.41) is 9.52. The molecule has 8 nitrogen and oxygen atoms in total. The zero-order chi connectivity index (χ0) is 25.2. The fraction of sp³-hybridized carbons (Fsp3) is 0.370. The van der Waals surface area contributed by atoms with E-state index >= 15 is 0 Å². The molecule has 0 spiro atoms. The Morgan fingerprint density at radius 3 is 2.72 bits per heavy atom. The average Bonchev–Trinajstić information content (AvgIpc) is 3.64. The molecule has 1 aliphatic heterocycles. The summed E-state index contributed by atoms with van der Waals surface area (Å²) in [5.74, 6) is 1.11. The molecule has 0 aliphatic carbocycles. The van der Waals surface area contributed by atoms with Gasteiger partial charge in [0.2, 0.25) is 17.7 Å². The number of aromatic nitrogens is 4. The second-order valence-corrected chi connectivity index (χ2v) is 10.4. The Labute approximate surface area is 214 Å². The van der Waals surface area contributed by atoms with Crippen molar-refractivity contribution in [2.24, 2.45) is 0 Å². The molecule has 1 amide bonds. The molecule has 0 saturated carbocycles. The summed E-state index contributed by atoms with van der Waals surface area (Å²) in [6, 6.07) is 13.6. The van der Waals surface area contributed by atoms with Gasteiger partial charge in [-0.3, -0.25) is 4.79 Å². The maximum absolute atomic E-state index is 13.6. The Balaban J connectivity index is 1.40. The number of hydrogen-bond donors (Lipinski definition) is 0. The number of nitrogens with zero attached hydrogens (tertiary/aromatic N) is 5. The van der Waals surface area contributed by atoms with Crippen molar-refractivity contribution in [2.45, 2.75) is 52.0 Å². The van der Waals surface area contributed by atoms with Crippen LogP contribution < -0.4 is 4.74 Å². The first-order valence-electron chi connectivity index (χ1n) is 12.1. The molecule has 4 heterocycles. The number of aryl methyl sites for hydroxylation is 2. The quantitative estimate of drug-likeness (QED) is 0.327. The van der Waals surface area contributed by atoms with Gasteiger partial charge in [0.05, 0.1) is 18.8 Å². The summed E-state index contributed by atoms with van der Waals surface area (Å²) < 4.78 is 11.4. The number of pyridine rings is 1. The molecular weight excluding hydrogens is 474 g/mol. The fourth-order valence-electron chi connectivity index (χ4n) is 4.50. The highest BCUT2D eigenvalue weighted by Crippen LogP contribution is 2.36. The number of methoxy groups -OCH3 is 1. The number of likely N-dealkylation sites (tertiary alicyclic amines) is 1. The van der Waals surface area contributed by atoms with Crippen molar-refractivity contribution >= 4 is 17.2 Å². The highest BCUT2D eigenvalue weighted by molar-refractivity contribution is 7.11. The van der Waals surface area contributed by atoms with Crippen LogP contribution in [0.25, 0.3) is 11.5 Å². The number of amides is 1. The zero-order valence-corrected chi connectivity index (χ0v) is 21.7. The van der Waals surface area contributed by atoms with E-state index in [4.69, 9.17) is 14.1 Å². The molecule has 0 N–H and O–H groups in total. The lowest BCUT2D eigenvalue weighted by atomic mass is 10.0. The van der Waals surface area contributed by atoms with Crippen LogP contribution in [0.4, 0.5) is 0 Å². The van der Waals surface area contributed by atoms with Crippen LogP contribution in [0.3, 0.4) is 0 Å². The topological polar surface area (TPSA) is 94.2 Å². The maximum atomic E-state index is 13.6. The van der Waals surface area contributed by atoms with Crippen LogP contribution in [0.15, 0.2) is 46.9 Å². The number of rotatable bonds is 7. The summed E-state index contributed by atoms with van der Waals surface area (Å²) in [5.41, 5.74) is 3.12. The summed E-state index contributed by atoms with van der Waals surface area (Å²) in [6.45, 7) is 6.79. The van der Waals surface area contributed by atoms with Crippen LogP contribution in [-0.2, 0) is 6.42 Å².